The second-order valence-corrected chi connectivity index (χ2v) is 38.2. The maximum atomic E-state index is 4.51. The van der Waals surface area contributed by atoms with Crippen molar-refractivity contribution < 1.29 is 0 Å². The molecule has 0 fully saturated rings. The third-order valence-electron chi connectivity index (χ3n) is 20.6. The summed E-state index contributed by atoms with van der Waals surface area (Å²) in [5.41, 5.74) is 25.3. The molecule has 660 valence electrons. The Kier molecular flexibility index (Phi) is 52.6. The lowest BCUT2D eigenvalue weighted by Crippen LogP contribution is -2.00. The Hall–Kier alpha value is -8.57. The standard InChI is InChI=1S/3C12H18.3C11H17N.4C10H16N2/c1-9(2)11-5-7-12(8-6-11)10(3)4;1-9(2)11-6-5-7-12(8-11)10(3)4;1-9(2)11-7-5-6-8-12(11)10(3)4;1-8(2)10-5-11(9(3)4)7-12-6-10;1-8(2)10-5-6-12-11(7-10)9(3)4;1-8(2)10-5-6-11(9(3)4)12-7-10;1-7(2)9-5-12-10(6-11-9)8(3)4;1-7(2)9-5-11-6-10(12-9)8(3)4;1-7(2)9-5-10(8(3)4)12-11-6-9;1-7(2)9-5-6-10(8(3)4)12-11-9/h3*5-10H,1-4H3;3*5-9H,1-4H3;4*5-8H,1-4H3. The van der Waals surface area contributed by atoms with E-state index in [4.69, 9.17) is 0 Å². The van der Waals surface area contributed by atoms with E-state index in [1.807, 2.05) is 55.8 Å². The van der Waals surface area contributed by atoms with Crippen molar-refractivity contribution in [3.63, 3.8) is 0 Å². The molecule has 0 saturated heterocycles. The number of pyridine rings is 3. The van der Waals surface area contributed by atoms with Crippen molar-refractivity contribution in [1.82, 2.24) is 55.3 Å². The van der Waals surface area contributed by atoms with Gasteiger partial charge in [0, 0.05) is 61.0 Å². The van der Waals surface area contributed by atoms with E-state index in [0.717, 1.165) is 39.9 Å². The van der Waals surface area contributed by atoms with Crippen LogP contribution in [0.3, 0.4) is 0 Å². The molecule has 3 aromatic carbocycles. The largest absolute Gasteiger partial charge is 0.264 e. The van der Waals surface area contributed by atoms with Crippen LogP contribution in [0, 0.1) is 0 Å². The first-order valence-corrected chi connectivity index (χ1v) is 45.6. The highest BCUT2D eigenvalue weighted by Gasteiger charge is 2.13. The van der Waals surface area contributed by atoms with Gasteiger partial charge in [0.25, 0.3) is 0 Å². The fraction of sp³-hybridized carbons (Fsp3) is 0.550. The lowest BCUT2D eigenvalue weighted by Gasteiger charge is -2.14. The molecule has 0 atom stereocenters. The van der Waals surface area contributed by atoms with Crippen molar-refractivity contribution in [2.45, 2.75) is 395 Å². The van der Waals surface area contributed by atoms with E-state index < -0.39 is 0 Å². The molecule has 10 rings (SSSR count). The summed E-state index contributed by atoms with van der Waals surface area (Å²) in [7, 11) is 0. The van der Waals surface area contributed by atoms with E-state index in [2.05, 4.69) is 454 Å². The summed E-state index contributed by atoms with van der Waals surface area (Å²) < 4.78 is 0. The zero-order valence-electron chi connectivity index (χ0n) is 83.2. The van der Waals surface area contributed by atoms with Crippen LogP contribution in [0.25, 0.3) is 0 Å². The minimum atomic E-state index is 0.469. The number of hydrogen-bond donors (Lipinski definition) is 0. The van der Waals surface area contributed by atoms with Gasteiger partial charge in [-0.2, -0.15) is 20.4 Å². The molecule has 0 unspecified atom stereocenters. The molecule has 0 aliphatic rings. The van der Waals surface area contributed by atoms with E-state index in [1.54, 1.807) is 0 Å². The minimum absolute atomic E-state index is 0.469. The fourth-order valence-corrected chi connectivity index (χ4v) is 11.3. The zero-order valence-corrected chi connectivity index (χ0v) is 83.2. The molecular formula is C109H169N11. The number of aromatic nitrogens is 11. The van der Waals surface area contributed by atoms with Crippen molar-refractivity contribution in [2.24, 2.45) is 0 Å². The van der Waals surface area contributed by atoms with Crippen LogP contribution >= 0.6 is 0 Å². The molecule has 0 amide bonds. The SMILES string of the molecule is CC(C)c1ccc(C(C)C)cc1.CC(C)c1ccc(C(C)C)nc1.CC(C)c1ccc(C(C)C)nn1.CC(C)c1cccc(C(C)C)c1.CC(C)c1ccccc1C(C)C.CC(C)c1ccnc(C(C)C)c1.CC(C)c1cnc(C(C)C)cn1.CC(C)c1cncc(C(C)C)c1.CC(C)c1cncc(C(C)C)n1.CC(C)c1cnnc(C(C)C)c1. The summed E-state index contributed by atoms with van der Waals surface area (Å²) >= 11 is 0. The van der Waals surface area contributed by atoms with Crippen LogP contribution in [0.1, 0.15) is 508 Å². The highest BCUT2D eigenvalue weighted by molar-refractivity contribution is 5.33. The molecule has 0 radical (unpaired) electrons. The lowest BCUT2D eigenvalue weighted by atomic mass is 9.91. The van der Waals surface area contributed by atoms with Crippen molar-refractivity contribution >= 4 is 0 Å². The van der Waals surface area contributed by atoms with Gasteiger partial charge in [-0.25, -0.2) is 0 Å². The third-order valence-corrected chi connectivity index (χ3v) is 20.6. The Morgan fingerprint density at radius 1 is 0.167 bits per heavy atom. The normalized spacial score (nSPS) is 11.2. The summed E-state index contributed by atoms with van der Waals surface area (Å²) in [6.07, 6.45) is 17.1. The van der Waals surface area contributed by atoms with Gasteiger partial charge in [-0.05, 0) is 216 Å². The Balaban J connectivity index is 0.000000667. The van der Waals surface area contributed by atoms with Crippen LogP contribution < -0.4 is 0 Å². The van der Waals surface area contributed by atoms with E-state index in [-0.39, 0.29) is 0 Å². The molecule has 0 bridgehead atoms. The van der Waals surface area contributed by atoms with Crippen LogP contribution in [0.2, 0.25) is 0 Å². The van der Waals surface area contributed by atoms with Crippen LogP contribution in [-0.2, 0) is 0 Å². The molecule has 7 heterocycles. The molecule has 0 spiro atoms. The molecular weight excluding hydrogens is 1460 g/mol. The van der Waals surface area contributed by atoms with Gasteiger partial charge >= 0.3 is 0 Å². The smallest absolute Gasteiger partial charge is 0.0659 e. The van der Waals surface area contributed by atoms with Crippen LogP contribution in [-0.4, -0.2) is 55.3 Å². The molecule has 0 N–H and O–H groups in total. The Morgan fingerprint density at radius 2 is 0.467 bits per heavy atom. The molecule has 0 aliphatic carbocycles. The monoisotopic (exact) mass is 1630 g/mol. The molecule has 10 aromatic rings. The summed E-state index contributed by atoms with van der Waals surface area (Å²) in [5.74, 6) is 11.1. The van der Waals surface area contributed by atoms with E-state index >= 15 is 0 Å². The first-order valence-electron chi connectivity index (χ1n) is 45.6. The van der Waals surface area contributed by atoms with Gasteiger partial charge in [0.05, 0.1) is 46.1 Å². The number of benzene rings is 3. The average Bonchev–Trinajstić information content (AvgIpc) is 0.853. The zero-order chi connectivity index (χ0) is 91.4. The number of rotatable bonds is 20. The van der Waals surface area contributed by atoms with Crippen LogP contribution in [0.4, 0.5) is 0 Å². The van der Waals surface area contributed by atoms with Crippen molar-refractivity contribution in [1.29, 1.82) is 0 Å². The fourth-order valence-electron chi connectivity index (χ4n) is 11.3. The van der Waals surface area contributed by atoms with Crippen LogP contribution in [0.15, 0.2) is 177 Å². The van der Waals surface area contributed by atoms with Gasteiger partial charge in [-0.3, -0.25) is 34.9 Å². The molecule has 11 nitrogen and oxygen atoms in total. The van der Waals surface area contributed by atoms with Gasteiger partial charge in [0.2, 0.25) is 0 Å². The average molecular weight is 1630 g/mol. The number of nitrogens with zero attached hydrogens (tertiary/aromatic N) is 11. The maximum Gasteiger partial charge on any atom is 0.0659 e. The summed E-state index contributed by atoms with van der Waals surface area (Å²) in [5, 5.41) is 16.3. The summed E-state index contributed by atoms with van der Waals surface area (Å²) in [6.45, 7) is 87.2. The number of hydrogen-bond acceptors (Lipinski definition) is 11. The molecule has 0 saturated carbocycles. The second kappa shape index (κ2) is 57.7. The highest BCUT2D eigenvalue weighted by atomic mass is 15.1. The second-order valence-electron chi connectivity index (χ2n) is 38.2. The van der Waals surface area contributed by atoms with E-state index in [0.29, 0.717) is 118 Å². The third kappa shape index (κ3) is 43.3. The maximum absolute atomic E-state index is 4.51. The molecule has 7 aromatic heterocycles. The predicted octanol–water partition coefficient (Wildman–Crippen LogP) is 32.7. The Labute approximate surface area is 735 Å². The Morgan fingerprint density at radius 3 is 0.775 bits per heavy atom. The minimum Gasteiger partial charge on any atom is -0.264 e. The molecule has 120 heavy (non-hydrogen) atoms. The van der Waals surface area contributed by atoms with Gasteiger partial charge in [0.1, 0.15) is 0 Å². The lowest BCUT2D eigenvalue weighted by molar-refractivity contribution is 0.733. The van der Waals surface area contributed by atoms with Gasteiger partial charge < -0.3 is 0 Å². The molecule has 0 aliphatic heterocycles. The van der Waals surface area contributed by atoms with Crippen molar-refractivity contribution in [2.75, 3.05) is 0 Å². The van der Waals surface area contributed by atoms with E-state index in [9.17, 15) is 0 Å². The van der Waals surface area contributed by atoms with Crippen molar-refractivity contribution in [3.8, 4) is 0 Å². The first kappa shape index (κ1) is 109. The van der Waals surface area contributed by atoms with Gasteiger partial charge in [-0.15, -0.1) is 0 Å². The Bertz CT molecular complexity index is 3490. The topological polar surface area (TPSA) is 142 Å². The van der Waals surface area contributed by atoms with Gasteiger partial charge in [0.15, 0.2) is 0 Å². The quantitative estimate of drug-likeness (QED) is 0.0720. The van der Waals surface area contributed by atoms with Gasteiger partial charge in [-0.1, -0.05) is 362 Å². The van der Waals surface area contributed by atoms with Crippen molar-refractivity contribution in [3.05, 3.63) is 290 Å². The first-order chi connectivity index (χ1) is 56.1. The predicted molar refractivity (Wildman–Crippen MR) is 522 cm³/mol. The summed E-state index contributed by atoms with van der Waals surface area (Å²) in [4.78, 5) is 30.3. The van der Waals surface area contributed by atoms with E-state index in [1.165, 1.54) is 72.6 Å². The highest BCUT2D eigenvalue weighted by Crippen LogP contribution is 2.28. The van der Waals surface area contributed by atoms with Crippen LogP contribution in [0.5, 0.6) is 0 Å². The molecule has 11 heteroatoms. The summed E-state index contributed by atoms with van der Waals surface area (Å²) in [6, 6.07) is 43.7.